The predicted octanol–water partition coefficient (Wildman–Crippen LogP) is -0.281. The maximum absolute atomic E-state index is 11.0. The van der Waals surface area contributed by atoms with E-state index in [-0.39, 0.29) is 25.7 Å². The average Bonchev–Trinajstić information content (AvgIpc) is 2.89. The largest absolute Gasteiger partial charge is 0.371 e. The van der Waals surface area contributed by atoms with Crippen molar-refractivity contribution in [1.82, 2.24) is 10.6 Å². The summed E-state index contributed by atoms with van der Waals surface area (Å²) >= 11 is 0. The standard InChI is InChI=1S/C7H12N2O3.CH4/c10-7(8-1-5-3-11-5)9-2-6-4-12-6;/h5-6H,1-4H2,(H2,8,9,10);1H4. The molecule has 0 aromatic heterocycles. The molecular formula is C8H16N2O3. The Labute approximate surface area is 77.8 Å². The second-order valence-corrected chi connectivity index (χ2v) is 3.00. The van der Waals surface area contributed by atoms with Crippen LogP contribution in [0.1, 0.15) is 7.43 Å². The monoisotopic (exact) mass is 188 g/mol. The number of carbonyl (C=O) groups excluding carboxylic acids is 1. The summed E-state index contributed by atoms with van der Waals surface area (Å²) in [7, 11) is 0. The van der Waals surface area contributed by atoms with E-state index in [9.17, 15) is 4.79 Å². The number of ether oxygens (including phenoxy) is 2. The molecule has 2 rings (SSSR count). The SMILES string of the molecule is C.O=C(NCC1CO1)NCC1CO1. The lowest BCUT2D eigenvalue weighted by atomic mass is 10.4. The van der Waals surface area contributed by atoms with Crippen molar-refractivity contribution in [3.63, 3.8) is 0 Å². The summed E-state index contributed by atoms with van der Waals surface area (Å²) < 4.78 is 9.86. The van der Waals surface area contributed by atoms with Crippen LogP contribution in [0, 0.1) is 0 Å². The van der Waals surface area contributed by atoms with Crippen LogP contribution < -0.4 is 10.6 Å². The summed E-state index contributed by atoms with van der Waals surface area (Å²) in [5.41, 5.74) is 0. The van der Waals surface area contributed by atoms with Gasteiger partial charge in [-0.2, -0.15) is 0 Å². The van der Waals surface area contributed by atoms with Gasteiger partial charge in [-0.1, -0.05) is 7.43 Å². The van der Waals surface area contributed by atoms with Gasteiger partial charge in [-0.25, -0.2) is 4.79 Å². The maximum Gasteiger partial charge on any atom is 0.314 e. The van der Waals surface area contributed by atoms with Gasteiger partial charge < -0.3 is 20.1 Å². The van der Waals surface area contributed by atoms with Crippen LogP contribution in [0.3, 0.4) is 0 Å². The lowest BCUT2D eigenvalue weighted by Crippen LogP contribution is -2.39. The van der Waals surface area contributed by atoms with E-state index in [4.69, 9.17) is 9.47 Å². The van der Waals surface area contributed by atoms with E-state index < -0.39 is 0 Å². The van der Waals surface area contributed by atoms with Gasteiger partial charge in [0.05, 0.1) is 25.4 Å². The van der Waals surface area contributed by atoms with Crippen molar-refractivity contribution in [3.8, 4) is 0 Å². The Balaban J connectivity index is 0.000000845. The Morgan fingerprint density at radius 3 is 1.85 bits per heavy atom. The van der Waals surface area contributed by atoms with Crippen LogP contribution in [-0.4, -0.2) is 44.5 Å². The van der Waals surface area contributed by atoms with E-state index in [2.05, 4.69) is 10.6 Å². The van der Waals surface area contributed by atoms with Crippen LogP contribution >= 0.6 is 0 Å². The second kappa shape index (κ2) is 4.43. The molecule has 2 amide bonds. The van der Waals surface area contributed by atoms with Crippen molar-refractivity contribution in [2.75, 3.05) is 26.3 Å². The molecule has 0 spiro atoms. The fourth-order valence-electron chi connectivity index (χ4n) is 0.847. The third kappa shape index (κ3) is 4.10. The van der Waals surface area contributed by atoms with Crippen LogP contribution in [0.5, 0.6) is 0 Å². The molecule has 2 aliphatic heterocycles. The molecule has 0 bridgehead atoms. The summed E-state index contributed by atoms with van der Waals surface area (Å²) in [6.07, 6.45) is 0.487. The Morgan fingerprint density at radius 2 is 1.54 bits per heavy atom. The van der Waals surface area contributed by atoms with E-state index in [1.807, 2.05) is 0 Å². The number of rotatable bonds is 4. The van der Waals surface area contributed by atoms with Crippen molar-refractivity contribution < 1.29 is 14.3 Å². The fraction of sp³-hybridized carbons (Fsp3) is 0.875. The summed E-state index contributed by atoms with van der Waals surface area (Å²) in [4.78, 5) is 11.0. The minimum atomic E-state index is -0.138. The number of hydrogen-bond acceptors (Lipinski definition) is 3. The number of nitrogens with one attached hydrogen (secondary N) is 2. The molecule has 76 valence electrons. The first-order valence-electron chi connectivity index (χ1n) is 4.09. The minimum absolute atomic E-state index is 0. The van der Waals surface area contributed by atoms with Gasteiger partial charge >= 0.3 is 6.03 Å². The average molecular weight is 188 g/mol. The van der Waals surface area contributed by atoms with Gasteiger partial charge in [0, 0.05) is 13.1 Å². The number of urea groups is 1. The third-order valence-corrected chi connectivity index (χ3v) is 1.79. The molecule has 2 saturated heterocycles. The fourth-order valence-corrected chi connectivity index (χ4v) is 0.847. The van der Waals surface area contributed by atoms with E-state index in [1.54, 1.807) is 0 Å². The quantitative estimate of drug-likeness (QED) is 0.596. The number of carbonyl (C=O) groups is 1. The van der Waals surface area contributed by atoms with E-state index in [0.717, 1.165) is 13.2 Å². The molecule has 13 heavy (non-hydrogen) atoms. The molecule has 2 heterocycles. The zero-order valence-corrected chi connectivity index (χ0v) is 6.71. The van der Waals surface area contributed by atoms with Gasteiger partial charge in [0.2, 0.25) is 0 Å². The molecule has 0 aromatic carbocycles. The van der Waals surface area contributed by atoms with Crippen molar-refractivity contribution >= 4 is 6.03 Å². The molecule has 2 atom stereocenters. The zero-order chi connectivity index (χ0) is 8.39. The first-order valence-corrected chi connectivity index (χ1v) is 4.09. The van der Waals surface area contributed by atoms with E-state index in [1.165, 1.54) is 0 Å². The molecule has 2 fully saturated rings. The van der Waals surface area contributed by atoms with E-state index in [0.29, 0.717) is 13.1 Å². The van der Waals surface area contributed by atoms with Crippen molar-refractivity contribution in [2.45, 2.75) is 19.6 Å². The van der Waals surface area contributed by atoms with Crippen molar-refractivity contribution in [2.24, 2.45) is 0 Å². The van der Waals surface area contributed by atoms with E-state index >= 15 is 0 Å². The highest BCUT2D eigenvalue weighted by Crippen LogP contribution is 2.07. The molecule has 2 aliphatic rings. The lowest BCUT2D eigenvalue weighted by molar-refractivity contribution is 0.238. The molecule has 0 aromatic rings. The Morgan fingerprint density at radius 1 is 1.15 bits per heavy atom. The molecular weight excluding hydrogens is 172 g/mol. The number of epoxide rings is 2. The zero-order valence-electron chi connectivity index (χ0n) is 6.71. The van der Waals surface area contributed by atoms with Gasteiger partial charge in [-0.3, -0.25) is 0 Å². The molecule has 0 saturated carbocycles. The summed E-state index contributed by atoms with van der Waals surface area (Å²) in [5, 5.41) is 5.39. The highest BCUT2D eigenvalue weighted by atomic mass is 16.6. The third-order valence-electron chi connectivity index (χ3n) is 1.79. The van der Waals surface area contributed by atoms with Crippen molar-refractivity contribution in [3.05, 3.63) is 0 Å². The van der Waals surface area contributed by atoms with Crippen LogP contribution in [0.25, 0.3) is 0 Å². The smallest absolute Gasteiger partial charge is 0.314 e. The van der Waals surface area contributed by atoms with Crippen molar-refractivity contribution in [1.29, 1.82) is 0 Å². The van der Waals surface area contributed by atoms with Gasteiger partial charge in [0.1, 0.15) is 0 Å². The first kappa shape index (κ1) is 10.3. The number of hydrogen-bond donors (Lipinski definition) is 2. The Kier molecular flexibility index (Phi) is 3.50. The first-order chi connectivity index (χ1) is 5.84. The van der Waals surface area contributed by atoms with Gasteiger partial charge in [0.15, 0.2) is 0 Å². The topological polar surface area (TPSA) is 66.2 Å². The number of amides is 2. The van der Waals surface area contributed by atoms with Gasteiger partial charge in [0.25, 0.3) is 0 Å². The van der Waals surface area contributed by atoms with Crippen LogP contribution in [0.2, 0.25) is 0 Å². The summed E-state index contributed by atoms with van der Waals surface area (Å²) in [6, 6.07) is -0.138. The molecule has 5 nitrogen and oxygen atoms in total. The summed E-state index contributed by atoms with van der Waals surface area (Å²) in [6.45, 7) is 2.76. The van der Waals surface area contributed by atoms with Gasteiger partial charge in [-0.15, -0.1) is 0 Å². The second-order valence-electron chi connectivity index (χ2n) is 3.00. The highest BCUT2D eigenvalue weighted by Gasteiger charge is 2.24. The van der Waals surface area contributed by atoms with Gasteiger partial charge in [-0.05, 0) is 0 Å². The minimum Gasteiger partial charge on any atom is -0.371 e. The highest BCUT2D eigenvalue weighted by molar-refractivity contribution is 5.73. The van der Waals surface area contributed by atoms with Crippen LogP contribution in [0.4, 0.5) is 4.79 Å². The Hall–Kier alpha value is -0.810. The molecule has 2 N–H and O–H groups in total. The molecule has 5 heteroatoms. The Bertz CT molecular complexity index is 160. The van der Waals surface area contributed by atoms with Crippen LogP contribution in [-0.2, 0) is 9.47 Å². The lowest BCUT2D eigenvalue weighted by Gasteiger charge is -2.03. The normalized spacial score (nSPS) is 28.6. The summed E-state index contributed by atoms with van der Waals surface area (Å²) in [5.74, 6) is 0. The maximum atomic E-state index is 11.0. The predicted molar refractivity (Wildman–Crippen MR) is 47.6 cm³/mol. The molecule has 0 radical (unpaired) electrons. The molecule has 2 unspecified atom stereocenters. The molecule has 0 aliphatic carbocycles. The van der Waals surface area contributed by atoms with Crippen LogP contribution in [0.15, 0.2) is 0 Å².